The van der Waals surface area contributed by atoms with E-state index in [1.54, 1.807) is 4.57 Å². The van der Waals surface area contributed by atoms with Crippen molar-refractivity contribution in [1.82, 2.24) is 9.13 Å². The summed E-state index contributed by atoms with van der Waals surface area (Å²) in [4.78, 5) is 33.8. The molecule has 1 amide bonds. The van der Waals surface area contributed by atoms with E-state index in [-0.39, 0.29) is 11.5 Å². The predicted octanol–water partition coefficient (Wildman–Crippen LogP) is 5.34. The fourth-order valence-electron chi connectivity index (χ4n) is 5.10. The molecular formula is C31H26N4O2S2. The number of aryl methyl sites for hydroxylation is 1. The summed E-state index contributed by atoms with van der Waals surface area (Å²) in [5, 5.41) is 4.95. The number of nitrogens with zero attached hydrogens (tertiary/aromatic N) is 3. The third-order valence-corrected chi connectivity index (χ3v) is 8.79. The first-order chi connectivity index (χ1) is 18.9. The first-order valence-corrected chi connectivity index (χ1v) is 14.3. The smallest absolute Gasteiger partial charge is 0.271 e. The molecule has 39 heavy (non-hydrogen) atoms. The molecule has 3 aromatic heterocycles. The molecule has 194 valence electrons. The van der Waals surface area contributed by atoms with Crippen LogP contribution in [-0.2, 0) is 4.79 Å². The van der Waals surface area contributed by atoms with E-state index in [0.29, 0.717) is 26.3 Å². The van der Waals surface area contributed by atoms with E-state index in [9.17, 15) is 9.59 Å². The highest BCUT2D eigenvalue weighted by molar-refractivity contribution is 7.10. The third kappa shape index (κ3) is 4.51. The molecule has 0 fully saturated rings. The molecule has 0 bridgehead atoms. The van der Waals surface area contributed by atoms with Gasteiger partial charge >= 0.3 is 0 Å². The van der Waals surface area contributed by atoms with Gasteiger partial charge in [0, 0.05) is 27.6 Å². The number of carbonyl (C=O) groups is 1. The van der Waals surface area contributed by atoms with E-state index in [0.717, 1.165) is 27.5 Å². The average molecular weight is 551 g/mol. The molecule has 5 aromatic rings. The molecule has 1 aliphatic rings. The van der Waals surface area contributed by atoms with Gasteiger partial charge in [-0.15, -0.1) is 11.3 Å². The number of allylic oxidation sites excluding steroid dienone is 1. The molecule has 0 aliphatic carbocycles. The molecule has 1 atom stereocenters. The number of benzene rings is 2. The average Bonchev–Trinajstić information content (AvgIpc) is 3.63. The van der Waals surface area contributed by atoms with Gasteiger partial charge in [-0.25, -0.2) is 4.99 Å². The van der Waals surface area contributed by atoms with Crippen molar-refractivity contribution in [3.63, 3.8) is 0 Å². The Morgan fingerprint density at radius 1 is 0.974 bits per heavy atom. The highest BCUT2D eigenvalue weighted by Crippen LogP contribution is 2.33. The second kappa shape index (κ2) is 10.1. The molecular weight excluding hydrogens is 525 g/mol. The van der Waals surface area contributed by atoms with Gasteiger partial charge in [0.2, 0.25) is 0 Å². The lowest BCUT2D eigenvalue weighted by Crippen LogP contribution is -2.40. The van der Waals surface area contributed by atoms with Gasteiger partial charge in [0.05, 0.1) is 15.8 Å². The van der Waals surface area contributed by atoms with Crippen LogP contribution in [0.1, 0.15) is 34.8 Å². The zero-order valence-corrected chi connectivity index (χ0v) is 23.3. The lowest BCUT2D eigenvalue weighted by Gasteiger charge is -2.24. The zero-order chi connectivity index (χ0) is 27.1. The van der Waals surface area contributed by atoms with Crippen LogP contribution >= 0.6 is 22.7 Å². The summed E-state index contributed by atoms with van der Waals surface area (Å²) in [5.74, 6) is -0.262. The van der Waals surface area contributed by atoms with Crippen molar-refractivity contribution >= 4 is 40.3 Å². The summed E-state index contributed by atoms with van der Waals surface area (Å²) >= 11 is 2.88. The summed E-state index contributed by atoms with van der Waals surface area (Å²) < 4.78 is 4.44. The Bertz CT molecular complexity index is 1890. The number of hydrogen-bond acceptors (Lipinski definition) is 5. The highest BCUT2D eigenvalue weighted by atomic mass is 32.1. The van der Waals surface area contributed by atoms with E-state index in [1.807, 2.05) is 79.0 Å². The van der Waals surface area contributed by atoms with E-state index in [2.05, 4.69) is 41.9 Å². The minimum Gasteiger partial charge on any atom is -0.322 e. The van der Waals surface area contributed by atoms with E-state index < -0.39 is 6.04 Å². The maximum Gasteiger partial charge on any atom is 0.271 e. The predicted molar refractivity (Wildman–Crippen MR) is 158 cm³/mol. The minimum atomic E-state index is -0.552. The SMILES string of the molecule is CC1=C(C(=O)Nc2ccccc2)[C@H](c2cccs2)n2c(sc(=Cc3cc(C)n(-c4ccccc4)c3C)c2=O)=N1. The van der Waals surface area contributed by atoms with Crippen LogP contribution in [0.25, 0.3) is 11.8 Å². The number of anilines is 1. The number of para-hydroxylation sites is 2. The fourth-order valence-corrected chi connectivity index (χ4v) is 6.96. The Kier molecular flexibility index (Phi) is 6.50. The van der Waals surface area contributed by atoms with Crippen LogP contribution in [-0.4, -0.2) is 15.0 Å². The van der Waals surface area contributed by atoms with E-state index in [4.69, 9.17) is 4.99 Å². The Morgan fingerprint density at radius 2 is 1.69 bits per heavy atom. The molecule has 0 spiro atoms. The summed E-state index contributed by atoms with van der Waals surface area (Å²) in [5.41, 5.74) is 5.82. The Labute approximate surface area is 233 Å². The summed E-state index contributed by atoms with van der Waals surface area (Å²) in [6, 6.07) is 25.0. The van der Waals surface area contributed by atoms with Crippen molar-refractivity contribution in [3.05, 3.63) is 137 Å². The maximum atomic E-state index is 14.0. The number of amides is 1. The second-order valence-corrected chi connectivity index (χ2v) is 11.4. The second-order valence-electron chi connectivity index (χ2n) is 9.41. The molecule has 0 unspecified atom stereocenters. The standard InChI is InChI=1S/C31H26N4O2S2/c1-19-17-22(21(3)34(19)24-13-8-5-9-14-24)18-26-30(37)35-28(25-15-10-16-38-25)27(20(2)32-31(35)39-26)29(36)33-23-11-6-4-7-12-23/h4-18,28H,1-3H3,(H,33,36)/t28-/m0/s1. The van der Waals surface area contributed by atoms with Crippen molar-refractivity contribution in [2.45, 2.75) is 26.8 Å². The van der Waals surface area contributed by atoms with Crippen LogP contribution in [0.3, 0.4) is 0 Å². The Hall–Kier alpha value is -4.27. The monoisotopic (exact) mass is 550 g/mol. The minimum absolute atomic E-state index is 0.154. The van der Waals surface area contributed by atoms with Crippen LogP contribution < -0.4 is 20.2 Å². The lowest BCUT2D eigenvalue weighted by molar-refractivity contribution is -0.113. The van der Waals surface area contributed by atoms with E-state index in [1.165, 1.54) is 22.7 Å². The number of rotatable bonds is 5. The van der Waals surface area contributed by atoms with Crippen LogP contribution in [0.2, 0.25) is 0 Å². The van der Waals surface area contributed by atoms with Crippen molar-refractivity contribution in [1.29, 1.82) is 0 Å². The number of thiazole rings is 1. The van der Waals surface area contributed by atoms with Gasteiger partial charge in [-0.3, -0.25) is 14.2 Å². The number of nitrogens with one attached hydrogen (secondary N) is 1. The molecule has 2 aromatic carbocycles. The lowest BCUT2D eigenvalue weighted by atomic mass is 10.0. The number of fused-ring (bicyclic) bond motifs is 1. The fraction of sp³-hybridized carbons (Fsp3) is 0.129. The quantitative estimate of drug-likeness (QED) is 0.321. The first-order valence-electron chi connectivity index (χ1n) is 12.6. The van der Waals surface area contributed by atoms with Gasteiger partial charge in [-0.2, -0.15) is 0 Å². The van der Waals surface area contributed by atoms with Crippen molar-refractivity contribution in [2.24, 2.45) is 4.99 Å². The normalized spacial score (nSPS) is 15.3. The van der Waals surface area contributed by atoms with Crippen LogP contribution in [0.5, 0.6) is 0 Å². The summed E-state index contributed by atoms with van der Waals surface area (Å²) in [7, 11) is 0. The summed E-state index contributed by atoms with van der Waals surface area (Å²) in [6.07, 6.45) is 1.94. The largest absolute Gasteiger partial charge is 0.322 e. The van der Waals surface area contributed by atoms with Gasteiger partial charge in [0.1, 0.15) is 6.04 Å². The number of hydrogen-bond donors (Lipinski definition) is 1. The third-order valence-electron chi connectivity index (χ3n) is 6.88. The molecule has 0 saturated heterocycles. The molecule has 0 saturated carbocycles. The van der Waals surface area contributed by atoms with Crippen molar-refractivity contribution in [3.8, 4) is 5.69 Å². The summed E-state index contributed by atoms with van der Waals surface area (Å²) in [6.45, 7) is 5.97. The topological polar surface area (TPSA) is 68.4 Å². The molecule has 8 heteroatoms. The van der Waals surface area contributed by atoms with Gasteiger partial charge in [-0.05, 0) is 74.2 Å². The van der Waals surface area contributed by atoms with Crippen LogP contribution in [0.15, 0.2) is 105 Å². The Morgan fingerprint density at radius 3 is 2.38 bits per heavy atom. The molecule has 6 rings (SSSR count). The van der Waals surface area contributed by atoms with Gasteiger partial charge in [0.25, 0.3) is 11.5 Å². The first kappa shape index (κ1) is 25.0. The van der Waals surface area contributed by atoms with E-state index >= 15 is 0 Å². The molecule has 4 heterocycles. The van der Waals surface area contributed by atoms with Crippen LogP contribution in [0, 0.1) is 13.8 Å². The van der Waals surface area contributed by atoms with Crippen molar-refractivity contribution in [2.75, 3.05) is 5.32 Å². The zero-order valence-electron chi connectivity index (χ0n) is 21.7. The molecule has 6 nitrogen and oxygen atoms in total. The van der Waals surface area contributed by atoms with Gasteiger partial charge in [-0.1, -0.05) is 53.8 Å². The molecule has 1 N–H and O–H groups in total. The van der Waals surface area contributed by atoms with Crippen LogP contribution in [0.4, 0.5) is 5.69 Å². The number of aromatic nitrogens is 2. The van der Waals surface area contributed by atoms with Gasteiger partial charge in [0.15, 0.2) is 4.80 Å². The number of carbonyl (C=O) groups excluding carboxylic acids is 1. The van der Waals surface area contributed by atoms with Crippen molar-refractivity contribution < 1.29 is 4.79 Å². The molecule has 1 aliphatic heterocycles. The van der Waals surface area contributed by atoms with Gasteiger partial charge < -0.3 is 9.88 Å². The number of thiophene rings is 1. The highest BCUT2D eigenvalue weighted by Gasteiger charge is 2.33. The Balaban J connectivity index is 1.47. The maximum absolute atomic E-state index is 14.0. The molecule has 0 radical (unpaired) electrons.